The third-order valence-corrected chi connectivity index (χ3v) is 5.83. The molecule has 2 rings (SSSR count). The lowest BCUT2D eigenvalue weighted by Gasteiger charge is -2.38. The summed E-state index contributed by atoms with van der Waals surface area (Å²) >= 11 is 0. The standard InChI is InChI=1S/C26H41N5O4/c1-8-21(22(30-25(27)26(4,5)6)29-15-20-10-9-11-35-20)23(32)31(16-17(2)3)19-12-18(13-28-14-19)24(33)34-7/h8-11,17-19,28-29H,1,12-16H2,2-7H3,(H2,27,30)/b22-21+. The van der Waals surface area contributed by atoms with E-state index in [0.29, 0.717) is 55.6 Å². The summed E-state index contributed by atoms with van der Waals surface area (Å²) in [6.07, 6.45) is 3.61. The first kappa shape index (κ1) is 28.2. The fraction of sp³-hybridized carbons (Fsp3) is 0.577. The number of rotatable bonds is 10. The van der Waals surface area contributed by atoms with Crippen molar-refractivity contribution in [3.63, 3.8) is 0 Å². The molecule has 194 valence electrons. The van der Waals surface area contributed by atoms with E-state index in [1.54, 1.807) is 17.2 Å². The van der Waals surface area contributed by atoms with Crippen LogP contribution in [0.4, 0.5) is 0 Å². The molecule has 4 N–H and O–H groups in total. The van der Waals surface area contributed by atoms with Gasteiger partial charge in [0.2, 0.25) is 0 Å². The van der Waals surface area contributed by atoms with E-state index in [4.69, 9.17) is 14.9 Å². The van der Waals surface area contributed by atoms with E-state index in [2.05, 4.69) is 36.1 Å². The summed E-state index contributed by atoms with van der Waals surface area (Å²) in [4.78, 5) is 32.6. The second-order valence-corrected chi connectivity index (χ2v) is 10.3. The average molecular weight is 488 g/mol. The first-order valence-electron chi connectivity index (χ1n) is 12.0. The molecule has 1 fully saturated rings. The number of furan rings is 1. The molecule has 0 spiro atoms. The van der Waals surface area contributed by atoms with Crippen LogP contribution in [0.5, 0.6) is 0 Å². The van der Waals surface area contributed by atoms with Crippen LogP contribution in [0.25, 0.3) is 0 Å². The number of ether oxygens (including phenoxy) is 1. The van der Waals surface area contributed by atoms with Crippen molar-refractivity contribution in [2.24, 2.45) is 28.0 Å². The number of esters is 1. The second-order valence-electron chi connectivity index (χ2n) is 10.3. The first-order chi connectivity index (χ1) is 16.5. The van der Waals surface area contributed by atoms with Gasteiger partial charge in [0.05, 0.1) is 31.4 Å². The number of carbonyl (C=O) groups is 2. The summed E-state index contributed by atoms with van der Waals surface area (Å²) < 4.78 is 10.4. The van der Waals surface area contributed by atoms with Gasteiger partial charge in [-0.1, -0.05) is 47.3 Å². The smallest absolute Gasteiger partial charge is 0.310 e. The monoisotopic (exact) mass is 487 g/mol. The zero-order chi connectivity index (χ0) is 26.2. The lowest BCUT2D eigenvalue weighted by Crippen LogP contribution is -2.54. The van der Waals surface area contributed by atoms with Crippen molar-refractivity contribution in [1.29, 1.82) is 0 Å². The summed E-state index contributed by atoms with van der Waals surface area (Å²) in [5.74, 6) is 0.803. The van der Waals surface area contributed by atoms with E-state index in [0.717, 1.165) is 0 Å². The molecular weight excluding hydrogens is 446 g/mol. The highest BCUT2D eigenvalue weighted by atomic mass is 16.5. The normalized spacial score (nSPS) is 19.7. The summed E-state index contributed by atoms with van der Waals surface area (Å²) in [6, 6.07) is 3.45. The number of nitrogens with zero attached hydrogens (tertiary/aromatic N) is 2. The van der Waals surface area contributed by atoms with Gasteiger partial charge in [0.25, 0.3) is 5.91 Å². The summed E-state index contributed by atoms with van der Waals surface area (Å²) in [6.45, 7) is 15.8. The molecule has 1 aromatic heterocycles. The number of piperidine rings is 1. The number of hydrogen-bond acceptors (Lipinski definition) is 7. The van der Waals surface area contributed by atoms with Gasteiger partial charge in [-0.3, -0.25) is 9.59 Å². The number of methoxy groups -OCH3 is 1. The molecule has 9 nitrogen and oxygen atoms in total. The Hall–Kier alpha value is -3.07. The summed E-state index contributed by atoms with van der Waals surface area (Å²) in [5.41, 5.74) is 6.20. The first-order valence-corrected chi connectivity index (χ1v) is 12.0. The van der Waals surface area contributed by atoms with Crippen LogP contribution in [-0.2, 0) is 20.9 Å². The van der Waals surface area contributed by atoms with Gasteiger partial charge < -0.3 is 30.4 Å². The van der Waals surface area contributed by atoms with Crippen LogP contribution in [0.3, 0.4) is 0 Å². The molecule has 2 heterocycles. The Balaban J connectivity index is 2.47. The molecule has 1 saturated heterocycles. The highest BCUT2D eigenvalue weighted by molar-refractivity contribution is 5.98. The third kappa shape index (κ3) is 7.99. The highest BCUT2D eigenvalue weighted by Gasteiger charge is 2.35. The Labute approximate surface area is 208 Å². The molecule has 2 unspecified atom stereocenters. The molecule has 1 aliphatic rings. The maximum absolute atomic E-state index is 14.0. The Morgan fingerprint density at radius 2 is 2.11 bits per heavy atom. The molecule has 2 atom stereocenters. The van der Waals surface area contributed by atoms with Gasteiger partial charge in [0.1, 0.15) is 17.4 Å². The van der Waals surface area contributed by atoms with E-state index in [1.165, 1.54) is 13.2 Å². The predicted octanol–water partition coefficient (Wildman–Crippen LogP) is 2.81. The van der Waals surface area contributed by atoms with E-state index in [9.17, 15) is 9.59 Å². The quantitative estimate of drug-likeness (QED) is 0.152. The summed E-state index contributed by atoms with van der Waals surface area (Å²) in [7, 11) is 1.39. The lowest BCUT2D eigenvalue weighted by molar-refractivity contribution is -0.147. The maximum atomic E-state index is 14.0. The number of aliphatic imine (C=N–C) groups is 1. The Kier molecular flexibility index (Phi) is 10.1. The van der Waals surface area contributed by atoms with Crippen LogP contribution in [0, 0.1) is 17.3 Å². The van der Waals surface area contributed by atoms with Crippen molar-refractivity contribution in [3.8, 4) is 0 Å². The zero-order valence-electron chi connectivity index (χ0n) is 21.9. The largest absolute Gasteiger partial charge is 0.469 e. The number of nitrogens with one attached hydrogen (secondary N) is 2. The number of nitrogens with two attached hydrogens (primary N) is 1. The van der Waals surface area contributed by atoms with Crippen molar-refractivity contribution < 1.29 is 18.7 Å². The zero-order valence-corrected chi connectivity index (χ0v) is 21.9. The fourth-order valence-corrected chi connectivity index (χ4v) is 3.80. The second kappa shape index (κ2) is 12.6. The Morgan fingerprint density at radius 3 is 2.66 bits per heavy atom. The van der Waals surface area contributed by atoms with Crippen LogP contribution in [0.15, 0.2) is 51.9 Å². The molecule has 0 saturated carbocycles. The molecule has 0 radical (unpaired) electrons. The maximum Gasteiger partial charge on any atom is 0.310 e. The minimum absolute atomic E-state index is 0.187. The van der Waals surface area contributed by atoms with E-state index < -0.39 is 5.41 Å². The van der Waals surface area contributed by atoms with Gasteiger partial charge in [-0.2, -0.15) is 0 Å². The molecule has 1 aliphatic heterocycles. The van der Waals surface area contributed by atoms with Gasteiger partial charge in [0.15, 0.2) is 0 Å². The minimum atomic E-state index is -0.397. The third-order valence-electron chi connectivity index (χ3n) is 5.83. The van der Waals surface area contributed by atoms with E-state index >= 15 is 0 Å². The molecule has 1 amide bonds. The SMILES string of the molecule is C=C/C(C(=O)N(CC(C)C)C1CNCC(C(=O)OC)C1)=C(\N=C(/N)C(C)(C)C)NCc1ccco1. The topological polar surface area (TPSA) is 122 Å². The lowest BCUT2D eigenvalue weighted by atomic mass is 9.93. The fourth-order valence-electron chi connectivity index (χ4n) is 3.80. The molecule has 35 heavy (non-hydrogen) atoms. The van der Waals surface area contributed by atoms with Crippen molar-refractivity contribution in [2.45, 2.75) is 53.6 Å². The van der Waals surface area contributed by atoms with Crippen molar-refractivity contribution in [1.82, 2.24) is 15.5 Å². The van der Waals surface area contributed by atoms with Crippen molar-refractivity contribution in [2.75, 3.05) is 26.7 Å². The van der Waals surface area contributed by atoms with Gasteiger partial charge >= 0.3 is 5.97 Å². The number of amidine groups is 1. The van der Waals surface area contributed by atoms with Gasteiger partial charge in [-0.05, 0) is 24.5 Å². The Bertz CT molecular complexity index is 928. The van der Waals surface area contributed by atoms with Crippen LogP contribution >= 0.6 is 0 Å². The van der Waals surface area contributed by atoms with Gasteiger partial charge in [-0.25, -0.2) is 4.99 Å². The highest BCUT2D eigenvalue weighted by Crippen LogP contribution is 2.23. The minimum Gasteiger partial charge on any atom is -0.469 e. The average Bonchev–Trinajstić information content (AvgIpc) is 3.33. The molecule has 0 bridgehead atoms. The summed E-state index contributed by atoms with van der Waals surface area (Å²) in [5, 5.41) is 6.49. The number of hydrogen-bond donors (Lipinski definition) is 3. The van der Waals surface area contributed by atoms with E-state index in [1.807, 2.05) is 26.8 Å². The predicted molar refractivity (Wildman–Crippen MR) is 137 cm³/mol. The van der Waals surface area contributed by atoms with Gasteiger partial charge in [-0.15, -0.1) is 0 Å². The van der Waals surface area contributed by atoms with E-state index in [-0.39, 0.29) is 29.8 Å². The number of carbonyl (C=O) groups excluding carboxylic acids is 2. The van der Waals surface area contributed by atoms with Crippen molar-refractivity contribution >= 4 is 17.7 Å². The molecule has 9 heteroatoms. The molecule has 0 aromatic carbocycles. The van der Waals surface area contributed by atoms with Crippen LogP contribution in [0.2, 0.25) is 0 Å². The van der Waals surface area contributed by atoms with Crippen LogP contribution in [0.1, 0.15) is 46.8 Å². The van der Waals surface area contributed by atoms with Gasteiger partial charge in [0, 0.05) is 31.1 Å². The molecule has 0 aliphatic carbocycles. The molecular formula is C26H41N5O4. The molecule has 1 aromatic rings. The van der Waals surface area contributed by atoms with Crippen LogP contribution in [-0.4, -0.2) is 55.4 Å². The van der Waals surface area contributed by atoms with Crippen molar-refractivity contribution in [3.05, 3.63) is 48.2 Å². The Morgan fingerprint density at radius 1 is 1.40 bits per heavy atom. The number of amides is 1. The van der Waals surface area contributed by atoms with Crippen LogP contribution < -0.4 is 16.4 Å².